The molecule has 89 heavy (non-hydrogen) atoms. The first-order valence-corrected chi connectivity index (χ1v) is 36.1. The van der Waals surface area contributed by atoms with Crippen molar-refractivity contribution in [1.82, 2.24) is 0 Å². The van der Waals surface area contributed by atoms with Crippen LogP contribution in [0.15, 0.2) is 146 Å². The lowest BCUT2D eigenvalue weighted by molar-refractivity contribution is -0.161. The van der Waals surface area contributed by atoms with Gasteiger partial charge in [-0.05, 0) is 135 Å². The molecule has 0 amide bonds. The zero-order chi connectivity index (χ0) is 65.3. The predicted octanol–water partition coefficient (Wildman–Crippen LogP) is 18.2. The first-order chi connectivity index (χ1) is 43.2. The van der Waals surface area contributed by atoms with Crippen LogP contribution in [0.1, 0.15) is 226 Å². The first-order valence-electron chi connectivity index (χ1n) is 33.1. The first kappa shape index (κ1) is 84.4. The van der Waals surface area contributed by atoms with E-state index in [0.29, 0.717) is 19.3 Å². The van der Waals surface area contributed by atoms with E-state index in [0.717, 1.165) is 154 Å². The molecule has 5 unspecified atom stereocenters. The standard InChI is InChI=1S/C71H116O16P2/c1-4-7-10-13-16-19-22-24-26-28-30-31-32-33-35-37-38-40-43-45-48-51-54-57-69(74)81-60-66(72)61-83-88(77,78)84-62-67(73)63-85-89(79,80)86-65-68(87-71(76)59-56-53-50-47-42-21-18-15-12-9-6-3)64-82-70(75)58-55-52-49-46-44-41-39-36-34-29-27-25-23-20-17-14-11-8-5-2/h7-8,10-11,15-20,24-27,30-31,33-36,38,40-41,44,66-68,72-73H,4-6,9,12-14,21-23,28-29,32,37,39,42-43,45-65H2,1-3H3,(H,77,78)(H,79,80)/b10-7-,11-8-,18-15-,19-16-,20-17-,26-24-,27-25-,31-30-,35-33-,36-34-,40-38-,44-41-. The lowest BCUT2D eigenvalue weighted by Gasteiger charge is -2.21. The number of unbranched alkanes of at least 4 members (excludes halogenated alkanes) is 14. The van der Waals surface area contributed by atoms with E-state index < -0.39 is 91.5 Å². The number of carbonyl (C=O) groups excluding carboxylic acids is 3. The van der Waals surface area contributed by atoms with Gasteiger partial charge in [-0.3, -0.25) is 32.5 Å². The summed E-state index contributed by atoms with van der Waals surface area (Å²) in [6.45, 7) is 2.28. The quantitative estimate of drug-likeness (QED) is 0.0146. The molecule has 0 aromatic rings. The molecule has 18 heteroatoms. The minimum atomic E-state index is -4.94. The molecule has 0 rings (SSSR count). The summed E-state index contributed by atoms with van der Waals surface area (Å²) in [6, 6.07) is 0. The fourth-order valence-electron chi connectivity index (χ4n) is 7.99. The van der Waals surface area contributed by atoms with Crippen LogP contribution in [-0.2, 0) is 55.8 Å². The van der Waals surface area contributed by atoms with Crippen molar-refractivity contribution >= 4 is 33.6 Å². The second-order valence-corrected chi connectivity index (χ2v) is 24.4. The fourth-order valence-corrected chi connectivity index (χ4v) is 9.58. The average Bonchev–Trinajstić information content (AvgIpc) is 3.54. The van der Waals surface area contributed by atoms with Crippen molar-refractivity contribution in [3.8, 4) is 0 Å². The highest BCUT2D eigenvalue weighted by molar-refractivity contribution is 7.47. The average molecular weight is 1290 g/mol. The number of allylic oxidation sites excluding steroid dienone is 24. The molecule has 0 bridgehead atoms. The number of hydrogen-bond donors (Lipinski definition) is 4. The van der Waals surface area contributed by atoms with E-state index in [1.807, 2.05) is 0 Å². The van der Waals surface area contributed by atoms with Gasteiger partial charge in [0.05, 0.1) is 26.4 Å². The Balaban J connectivity index is 4.65. The van der Waals surface area contributed by atoms with Gasteiger partial charge >= 0.3 is 33.6 Å². The number of ether oxygens (including phenoxy) is 3. The summed E-state index contributed by atoms with van der Waals surface area (Å²) in [7, 11) is -9.80. The van der Waals surface area contributed by atoms with Gasteiger partial charge < -0.3 is 34.2 Å². The molecule has 16 nitrogen and oxygen atoms in total. The summed E-state index contributed by atoms with van der Waals surface area (Å²) in [5.74, 6) is -1.66. The summed E-state index contributed by atoms with van der Waals surface area (Å²) in [4.78, 5) is 58.2. The van der Waals surface area contributed by atoms with Crippen LogP contribution < -0.4 is 0 Å². The zero-order valence-corrected chi connectivity index (χ0v) is 56.3. The van der Waals surface area contributed by atoms with Crippen molar-refractivity contribution in [2.75, 3.05) is 39.6 Å². The van der Waals surface area contributed by atoms with Crippen LogP contribution in [0.25, 0.3) is 0 Å². The summed E-state index contributed by atoms with van der Waals surface area (Å²) in [5, 5.41) is 20.5. The Morgan fingerprint density at radius 1 is 0.326 bits per heavy atom. The molecule has 0 heterocycles. The maximum absolute atomic E-state index is 12.9. The van der Waals surface area contributed by atoms with Crippen LogP contribution in [0.5, 0.6) is 0 Å². The molecule has 506 valence electrons. The molecule has 0 spiro atoms. The molecule has 0 saturated heterocycles. The Bertz CT molecular complexity index is 2210. The van der Waals surface area contributed by atoms with Crippen LogP contribution >= 0.6 is 15.6 Å². The van der Waals surface area contributed by atoms with Crippen molar-refractivity contribution in [3.63, 3.8) is 0 Å². The van der Waals surface area contributed by atoms with Crippen molar-refractivity contribution in [2.24, 2.45) is 0 Å². The van der Waals surface area contributed by atoms with Gasteiger partial charge in [-0.1, -0.05) is 218 Å². The predicted molar refractivity (Wildman–Crippen MR) is 362 cm³/mol. The molecule has 0 radical (unpaired) electrons. The SMILES string of the molecule is CC/C=C\C/C=C\C/C=C\C/C=C\C/C=C\C/C=C\CCCCCCC(=O)OCC(O)COP(=O)(O)OCC(O)COP(=O)(O)OCC(COC(=O)CCCCC/C=C\C/C=C\C/C=C\C/C=C\C/C=C\CC)OC(=O)CCCCCCC/C=C\CCCC. The summed E-state index contributed by atoms with van der Waals surface area (Å²) in [5.41, 5.74) is 0. The summed E-state index contributed by atoms with van der Waals surface area (Å²) in [6.07, 6.45) is 74.8. The maximum atomic E-state index is 12.9. The van der Waals surface area contributed by atoms with Gasteiger partial charge in [-0.25, -0.2) is 9.13 Å². The van der Waals surface area contributed by atoms with Crippen molar-refractivity contribution in [1.29, 1.82) is 0 Å². The smallest absolute Gasteiger partial charge is 0.463 e. The molecule has 5 atom stereocenters. The fraction of sp³-hybridized carbons (Fsp3) is 0.620. The highest BCUT2D eigenvalue weighted by Gasteiger charge is 2.29. The van der Waals surface area contributed by atoms with E-state index in [4.69, 9.17) is 32.3 Å². The second kappa shape index (κ2) is 63.6. The number of phosphoric ester groups is 2. The molecule has 0 saturated carbocycles. The van der Waals surface area contributed by atoms with Crippen LogP contribution in [0.3, 0.4) is 0 Å². The number of esters is 3. The van der Waals surface area contributed by atoms with Gasteiger partial charge in [-0.15, -0.1) is 0 Å². The Kier molecular flexibility index (Phi) is 60.3. The zero-order valence-electron chi connectivity index (χ0n) is 54.5. The topological polar surface area (TPSA) is 231 Å². The van der Waals surface area contributed by atoms with Crippen LogP contribution in [0, 0.1) is 0 Å². The van der Waals surface area contributed by atoms with E-state index in [9.17, 15) is 43.5 Å². The lowest BCUT2D eigenvalue weighted by atomic mass is 10.1. The van der Waals surface area contributed by atoms with Crippen LogP contribution in [0.2, 0.25) is 0 Å². The lowest BCUT2D eigenvalue weighted by Crippen LogP contribution is -2.30. The molecular weight excluding hydrogens is 1170 g/mol. The van der Waals surface area contributed by atoms with Gasteiger partial charge in [0.15, 0.2) is 6.10 Å². The van der Waals surface area contributed by atoms with Crippen molar-refractivity contribution in [3.05, 3.63) is 146 Å². The van der Waals surface area contributed by atoms with Crippen LogP contribution in [0.4, 0.5) is 0 Å². The molecular formula is C71H116O16P2. The van der Waals surface area contributed by atoms with Gasteiger partial charge in [0.25, 0.3) is 0 Å². The monoisotopic (exact) mass is 1290 g/mol. The van der Waals surface area contributed by atoms with Crippen molar-refractivity contribution < 1.29 is 75.8 Å². The molecule has 4 N–H and O–H groups in total. The second-order valence-electron chi connectivity index (χ2n) is 21.5. The number of aliphatic hydroxyl groups is 2. The minimum absolute atomic E-state index is 0.0810. The highest BCUT2D eigenvalue weighted by Crippen LogP contribution is 2.45. The van der Waals surface area contributed by atoms with E-state index in [1.54, 1.807) is 0 Å². The number of rotatable bonds is 61. The molecule has 0 aromatic heterocycles. The third-order valence-electron chi connectivity index (χ3n) is 13.0. The van der Waals surface area contributed by atoms with Crippen LogP contribution in [-0.4, -0.2) is 95.9 Å². The molecule has 0 aliphatic heterocycles. The van der Waals surface area contributed by atoms with E-state index in [2.05, 4.69) is 167 Å². The highest BCUT2D eigenvalue weighted by atomic mass is 31.2. The third kappa shape index (κ3) is 64.8. The summed E-state index contributed by atoms with van der Waals surface area (Å²) >= 11 is 0. The maximum Gasteiger partial charge on any atom is 0.472 e. The number of phosphoric acid groups is 2. The number of hydrogen-bond acceptors (Lipinski definition) is 14. The van der Waals surface area contributed by atoms with E-state index in [1.165, 1.54) is 12.8 Å². The minimum Gasteiger partial charge on any atom is -0.463 e. The summed E-state index contributed by atoms with van der Waals surface area (Å²) < 4.78 is 60.7. The van der Waals surface area contributed by atoms with E-state index in [-0.39, 0.29) is 19.3 Å². The van der Waals surface area contributed by atoms with Gasteiger partial charge in [0, 0.05) is 19.3 Å². The van der Waals surface area contributed by atoms with Gasteiger partial charge in [-0.2, -0.15) is 0 Å². The molecule has 0 fully saturated rings. The Morgan fingerprint density at radius 3 is 0.966 bits per heavy atom. The molecule has 0 aromatic carbocycles. The Hall–Kier alpha value is -4.57. The third-order valence-corrected chi connectivity index (χ3v) is 14.9. The number of carbonyl (C=O) groups is 3. The number of aliphatic hydroxyl groups excluding tert-OH is 2. The van der Waals surface area contributed by atoms with Gasteiger partial charge in [0.1, 0.15) is 25.4 Å². The van der Waals surface area contributed by atoms with Crippen molar-refractivity contribution in [2.45, 2.75) is 245 Å². The Labute approximate surface area is 537 Å². The molecule has 0 aliphatic carbocycles. The Morgan fingerprint density at radius 2 is 0.596 bits per heavy atom. The largest absolute Gasteiger partial charge is 0.472 e. The molecule has 0 aliphatic rings. The normalized spacial score (nSPS) is 15.2. The van der Waals surface area contributed by atoms with Gasteiger partial charge in [0.2, 0.25) is 0 Å². The van der Waals surface area contributed by atoms with E-state index >= 15 is 0 Å².